The molecule has 0 spiro atoms. The van der Waals surface area contributed by atoms with E-state index < -0.39 is 10.0 Å². The number of amides is 2. The van der Waals surface area contributed by atoms with Crippen molar-refractivity contribution in [3.8, 4) is 11.5 Å². The molecule has 0 atom stereocenters. The molecule has 0 bridgehead atoms. The Morgan fingerprint density at radius 3 is 1.95 bits per heavy atom. The highest BCUT2D eigenvalue weighted by Gasteiger charge is 2.22. The Morgan fingerprint density at radius 2 is 1.34 bits per heavy atom. The van der Waals surface area contributed by atoms with Crippen LogP contribution in [0.4, 0.5) is 16.2 Å². The zero-order chi connectivity index (χ0) is 27.1. The Balaban J connectivity index is 1.52. The molecule has 4 aromatic rings. The van der Waals surface area contributed by atoms with Gasteiger partial charge in [0.1, 0.15) is 11.5 Å². The van der Waals surface area contributed by atoms with Gasteiger partial charge in [-0.2, -0.15) is 0 Å². The van der Waals surface area contributed by atoms with Crippen LogP contribution in [0.25, 0.3) is 0 Å². The van der Waals surface area contributed by atoms with Gasteiger partial charge in [0, 0.05) is 24.5 Å². The molecule has 4 rings (SSSR count). The first kappa shape index (κ1) is 26.9. The Labute approximate surface area is 224 Å². The molecule has 0 saturated carbocycles. The second-order valence-electron chi connectivity index (χ2n) is 8.98. The molecule has 2 N–H and O–H groups in total. The number of rotatable bonds is 9. The van der Waals surface area contributed by atoms with Crippen LogP contribution >= 0.6 is 0 Å². The second-order valence-corrected chi connectivity index (χ2v) is 10.7. The van der Waals surface area contributed by atoms with Crippen molar-refractivity contribution in [3.63, 3.8) is 0 Å². The highest BCUT2D eigenvalue weighted by Crippen LogP contribution is 2.25. The number of ether oxygens (including phenoxy) is 1. The second kappa shape index (κ2) is 11.9. The van der Waals surface area contributed by atoms with Gasteiger partial charge >= 0.3 is 6.03 Å². The van der Waals surface area contributed by atoms with E-state index in [0.717, 1.165) is 5.56 Å². The fourth-order valence-corrected chi connectivity index (χ4v) is 5.80. The molecule has 2 amide bonds. The summed E-state index contributed by atoms with van der Waals surface area (Å²) < 4.78 is 34.8. The van der Waals surface area contributed by atoms with E-state index in [1.807, 2.05) is 67.6 Å². The molecule has 196 valence electrons. The van der Waals surface area contributed by atoms with Crippen molar-refractivity contribution >= 4 is 27.4 Å². The number of hydrogen-bond acceptors (Lipinski definition) is 4. The molecule has 0 aliphatic heterocycles. The zero-order valence-corrected chi connectivity index (χ0v) is 22.5. The van der Waals surface area contributed by atoms with Crippen molar-refractivity contribution in [1.29, 1.82) is 0 Å². The monoisotopic (exact) mass is 529 g/mol. The molecule has 0 fully saturated rings. The topological polar surface area (TPSA) is 87.7 Å². The van der Waals surface area contributed by atoms with Crippen molar-refractivity contribution in [3.05, 3.63) is 114 Å². The predicted octanol–water partition coefficient (Wildman–Crippen LogP) is 6.42. The van der Waals surface area contributed by atoms with Crippen molar-refractivity contribution in [2.45, 2.75) is 25.7 Å². The Hall–Kier alpha value is -4.14. The molecular weight excluding hydrogens is 498 g/mol. The van der Waals surface area contributed by atoms with Gasteiger partial charge in [-0.05, 0) is 80.4 Å². The van der Waals surface area contributed by atoms with Crippen LogP contribution in [0.5, 0.6) is 11.5 Å². The summed E-state index contributed by atoms with van der Waals surface area (Å²) in [6.07, 6.45) is 0. The fraction of sp³-hybridized carbons (Fsp3) is 0.167. The average Bonchev–Trinajstić information content (AvgIpc) is 2.87. The van der Waals surface area contributed by atoms with Crippen molar-refractivity contribution in [1.82, 2.24) is 4.72 Å². The largest absolute Gasteiger partial charge is 0.457 e. The van der Waals surface area contributed by atoms with E-state index in [2.05, 4.69) is 10.0 Å². The predicted molar refractivity (Wildman–Crippen MR) is 152 cm³/mol. The van der Waals surface area contributed by atoms with Crippen molar-refractivity contribution in [2.75, 3.05) is 23.3 Å². The van der Waals surface area contributed by atoms with E-state index in [-0.39, 0.29) is 24.0 Å². The normalized spacial score (nSPS) is 11.1. The fourth-order valence-electron chi connectivity index (χ4n) is 4.33. The maximum absolute atomic E-state index is 13.3. The van der Waals surface area contributed by atoms with Gasteiger partial charge in [-0.3, -0.25) is 4.90 Å². The number of urea groups is 1. The molecule has 0 saturated heterocycles. The smallest absolute Gasteiger partial charge is 0.326 e. The lowest BCUT2D eigenvalue weighted by atomic mass is 10.1. The molecule has 0 unspecified atom stereocenters. The molecule has 0 aliphatic carbocycles. The quantitative estimate of drug-likeness (QED) is 0.262. The SMILES string of the molecule is Cc1cc(C)c(S(=O)(=O)NCCN(C(=O)Nc2ccccc2)c2ccc(Oc3ccccc3)cc2)c(C)c1. The van der Waals surface area contributed by atoms with Crippen LogP contribution in [0, 0.1) is 20.8 Å². The minimum Gasteiger partial charge on any atom is -0.457 e. The van der Waals surface area contributed by atoms with E-state index in [1.54, 1.807) is 50.2 Å². The third-order valence-corrected chi connectivity index (χ3v) is 7.66. The molecule has 0 aliphatic rings. The van der Waals surface area contributed by atoms with Gasteiger partial charge in [0.25, 0.3) is 0 Å². The van der Waals surface area contributed by atoms with Crippen molar-refractivity contribution in [2.24, 2.45) is 0 Å². The van der Waals surface area contributed by atoms with Gasteiger partial charge in [0.05, 0.1) is 4.90 Å². The van der Waals surface area contributed by atoms with Crippen LogP contribution in [0.1, 0.15) is 16.7 Å². The molecule has 38 heavy (non-hydrogen) atoms. The third-order valence-electron chi connectivity index (χ3n) is 5.90. The number of aryl methyl sites for hydroxylation is 3. The van der Waals surface area contributed by atoms with Crippen LogP contribution in [0.3, 0.4) is 0 Å². The highest BCUT2D eigenvalue weighted by atomic mass is 32.2. The summed E-state index contributed by atoms with van der Waals surface area (Å²) in [5.41, 5.74) is 3.60. The first-order valence-electron chi connectivity index (χ1n) is 12.3. The average molecular weight is 530 g/mol. The molecule has 8 heteroatoms. The summed E-state index contributed by atoms with van der Waals surface area (Å²) in [5, 5.41) is 2.88. The van der Waals surface area contributed by atoms with Gasteiger partial charge in [-0.25, -0.2) is 17.9 Å². The van der Waals surface area contributed by atoms with Gasteiger partial charge in [0.2, 0.25) is 10.0 Å². The van der Waals surface area contributed by atoms with E-state index in [0.29, 0.717) is 34.0 Å². The number of benzene rings is 4. The summed E-state index contributed by atoms with van der Waals surface area (Å²) >= 11 is 0. The van der Waals surface area contributed by atoms with Crippen LogP contribution in [-0.4, -0.2) is 27.5 Å². The van der Waals surface area contributed by atoms with E-state index in [4.69, 9.17) is 4.74 Å². The van der Waals surface area contributed by atoms with Gasteiger partial charge in [0.15, 0.2) is 0 Å². The molecule has 0 radical (unpaired) electrons. The lowest BCUT2D eigenvalue weighted by Crippen LogP contribution is -2.41. The van der Waals surface area contributed by atoms with Crippen LogP contribution < -0.4 is 19.7 Å². The first-order valence-corrected chi connectivity index (χ1v) is 13.8. The van der Waals surface area contributed by atoms with Gasteiger partial charge in [-0.1, -0.05) is 54.1 Å². The number of carbonyl (C=O) groups excluding carboxylic acids is 1. The summed E-state index contributed by atoms with van der Waals surface area (Å²) in [6, 6.07) is 28.9. The first-order chi connectivity index (χ1) is 18.2. The standard InChI is InChI=1S/C30H31N3O4S/c1-22-20-23(2)29(24(3)21-22)38(35,36)31-18-19-33(30(34)32-25-10-6-4-7-11-25)26-14-16-28(17-15-26)37-27-12-8-5-9-13-27/h4-17,20-21,31H,18-19H2,1-3H3,(H,32,34). The summed E-state index contributed by atoms with van der Waals surface area (Å²) in [5.74, 6) is 1.32. The maximum atomic E-state index is 13.3. The van der Waals surface area contributed by atoms with E-state index >= 15 is 0 Å². The molecule has 4 aromatic carbocycles. The zero-order valence-electron chi connectivity index (χ0n) is 21.6. The number of sulfonamides is 1. The molecular formula is C30H31N3O4S. The Morgan fingerprint density at radius 1 is 0.789 bits per heavy atom. The van der Waals surface area contributed by atoms with E-state index in [1.165, 1.54) is 4.90 Å². The van der Waals surface area contributed by atoms with Gasteiger partial charge in [-0.15, -0.1) is 0 Å². The lowest BCUT2D eigenvalue weighted by molar-refractivity contribution is 0.257. The number of nitrogens with zero attached hydrogens (tertiary/aromatic N) is 1. The summed E-state index contributed by atoms with van der Waals surface area (Å²) in [6.45, 7) is 5.64. The lowest BCUT2D eigenvalue weighted by Gasteiger charge is -2.24. The van der Waals surface area contributed by atoms with E-state index in [9.17, 15) is 13.2 Å². The highest BCUT2D eigenvalue weighted by molar-refractivity contribution is 7.89. The van der Waals surface area contributed by atoms with Gasteiger partial charge < -0.3 is 10.1 Å². The maximum Gasteiger partial charge on any atom is 0.326 e. The number of para-hydroxylation sites is 2. The number of hydrogen-bond donors (Lipinski definition) is 2. The van der Waals surface area contributed by atoms with Crippen LogP contribution in [0.2, 0.25) is 0 Å². The van der Waals surface area contributed by atoms with Crippen molar-refractivity contribution < 1.29 is 17.9 Å². The Kier molecular flexibility index (Phi) is 8.45. The molecule has 7 nitrogen and oxygen atoms in total. The number of anilines is 2. The minimum atomic E-state index is -3.77. The third kappa shape index (κ3) is 6.79. The van der Waals surface area contributed by atoms with Crippen LogP contribution in [0.15, 0.2) is 102 Å². The number of carbonyl (C=O) groups is 1. The number of nitrogens with one attached hydrogen (secondary N) is 2. The molecule has 0 heterocycles. The van der Waals surface area contributed by atoms with Crippen LogP contribution in [-0.2, 0) is 10.0 Å². The summed E-state index contributed by atoms with van der Waals surface area (Å²) in [4.78, 5) is 15.0. The summed E-state index contributed by atoms with van der Waals surface area (Å²) in [7, 11) is -3.77. The minimum absolute atomic E-state index is 0.0273. The molecule has 0 aromatic heterocycles. The Bertz CT molecular complexity index is 1470.